The third kappa shape index (κ3) is 47.7. The minimum Gasteiger partial charge on any atom is -0.466 e. The SMILES string of the molecule is CCCCCCCCCCCCC/C=C/C(O)C(CO)NC(=O)CCCCCCC/C=C\CCCCCCCCCCCOC(=O)CCCCCCCCCCCCCCC. The van der Waals surface area contributed by atoms with E-state index in [-0.39, 0.29) is 18.5 Å². The van der Waals surface area contributed by atoms with E-state index in [1.807, 2.05) is 6.08 Å². The van der Waals surface area contributed by atoms with Crippen LogP contribution in [-0.4, -0.2) is 47.4 Å². The molecule has 0 aromatic rings. The maximum atomic E-state index is 12.4. The molecule has 0 heterocycles. The zero-order valence-electron chi connectivity index (χ0n) is 40.9. The number of amides is 1. The van der Waals surface area contributed by atoms with Gasteiger partial charge in [-0.3, -0.25) is 9.59 Å². The van der Waals surface area contributed by atoms with Crippen molar-refractivity contribution >= 4 is 11.9 Å². The van der Waals surface area contributed by atoms with Crippen LogP contribution in [0.4, 0.5) is 0 Å². The number of unbranched alkanes of at least 4 members (excludes halogenated alkanes) is 37. The number of aliphatic hydroxyl groups is 2. The Kier molecular flexibility index (Phi) is 49.6. The van der Waals surface area contributed by atoms with Crippen molar-refractivity contribution in [2.75, 3.05) is 13.2 Å². The molecular formula is C55H105NO5. The molecule has 61 heavy (non-hydrogen) atoms. The highest BCUT2D eigenvalue weighted by molar-refractivity contribution is 5.76. The molecule has 2 atom stereocenters. The first kappa shape index (κ1) is 59.3. The van der Waals surface area contributed by atoms with E-state index >= 15 is 0 Å². The average Bonchev–Trinajstić information content (AvgIpc) is 3.26. The molecule has 0 radical (unpaired) electrons. The van der Waals surface area contributed by atoms with Crippen LogP contribution < -0.4 is 5.32 Å². The fourth-order valence-electron chi connectivity index (χ4n) is 8.27. The van der Waals surface area contributed by atoms with E-state index < -0.39 is 12.1 Å². The van der Waals surface area contributed by atoms with E-state index in [9.17, 15) is 19.8 Å². The lowest BCUT2D eigenvalue weighted by atomic mass is 10.0. The lowest BCUT2D eigenvalue weighted by Gasteiger charge is -2.20. The topological polar surface area (TPSA) is 95.9 Å². The van der Waals surface area contributed by atoms with Gasteiger partial charge in [-0.25, -0.2) is 0 Å². The number of allylic oxidation sites excluding steroid dienone is 3. The van der Waals surface area contributed by atoms with Gasteiger partial charge in [0.15, 0.2) is 0 Å². The minimum absolute atomic E-state index is 0.00341. The van der Waals surface area contributed by atoms with Gasteiger partial charge >= 0.3 is 5.97 Å². The van der Waals surface area contributed by atoms with Crippen molar-refractivity contribution in [3.8, 4) is 0 Å². The van der Waals surface area contributed by atoms with Crippen LogP contribution in [-0.2, 0) is 14.3 Å². The van der Waals surface area contributed by atoms with Gasteiger partial charge in [-0.05, 0) is 57.8 Å². The lowest BCUT2D eigenvalue weighted by Crippen LogP contribution is -2.45. The number of hydrogen-bond donors (Lipinski definition) is 3. The molecule has 0 aliphatic carbocycles. The molecule has 0 spiro atoms. The lowest BCUT2D eigenvalue weighted by molar-refractivity contribution is -0.143. The van der Waals surface area contributed by atoms with Crippen LogP contribution in [0.5, 0.6) is 0 Å². The van der Waals surface area contributed by atoms with Crippen molar-refractivity contribution in [1.29, 1.82) is 0 Å². The maximum Gasteiger partial charge on any atom is 0.305 e. The molecule has 2 unspecified atom stereocenters. The molecule has 360 valence electrons. The second-order valence-corrected chi connectivity index (χ2v) is 18.6. The Bertz CT molecular complexity index is 951. The molecule has 0 aromatic carbocycles. The summed E-state index contributed by atoms with van der Waals surface area (Å²) >= 11 is 0. The highest BCUT2D eigenvalue weighted by atomic mass is 16.5. The largest absolute Gasteiger partial charge is 0.466 e. The summed E-state index contributed by atoms with van der Waals surface area (Å²) in [7, 11) is 0. The van der Waals surface area contributed by atoms with Crippen LogP contribution in [0.2, 0.25) is 0 Å². The van der Waals surface area contributed by atoms with Crippen molar-refractivity contribution in [3.05, 3.63) is 24.3 Å². The highest BCUT2D eigenvalue weighted by Gasteiger charge is 2.18. The summed E-state index contributed by atoms with van der Waals surface area (Å²) in [5.41, 5.74) is 0. The molecule has 0 saturated carbocycles. The van der Waals surface area contributed by atoms with E-state index in [0.717, 1.165) is 57.8 Å². The van der Waals surface area contributed by atoms with Crippen LogP contribution >= 0.6 is 0 Å². The van der Waals surface area contributed by atoms with Crippen LogP contribution in [0, 0.1) is 0 Å². The maximum absolute atomic E-state index is 12.4. The van der Waals surface area contributed by atoms with E-state index in [4.69, 9.17) is 4.74 Å². The molecule has 6 heteroatoms. The van der Waals surface area contributed by atoms with Crippen molar-refractivity contribution in [2.24, 2.45) is 0 Å². The van der Waals surface area contributed by atoms with Gasteiger partial charge in [-0.1, -0.05) is 244 Å². The molecule has 6 nitrogen and oxygen atoms in total. The molecule has 0 bridgehead atoms. The third-order valence-corrected chi connectivity index (χ3v) is 12.5. The smallest absolute Gasteiger partial charge is 0.305 e. The van der Waals surface area contributed by atoms with Gasteiger partial charge in [0.2, 0.25) is 5.91 Å². The summed E-state index contributed by atoms with van der Waals surface area (Å²) in [6, 6.07) is -0.636. The van der Waals surface area contributed by atoms with E-state index in [1.54, 1.807) is 6.08 Å². The molecule has 0 aliphatic rings. The molecular weight excluding hydrogens is 755 g/mol. The van der Waals surface area contributed by atoms with Crippen LogP contribution in [0.3, 0.4) is 0 Å². The Labute approximate surface area is 380 Å². The Hall–Kier alpha value is -1.66. The van der Waals surface area contributed by atoms with E-state index in [1.165, 1.54) is 205 Å². The second-order valence-electron chi connectivity index (χ2n) is 18.6. The number of hydrogen-bond acceptors (Lipinski definition) is 5. The molecule has 3 N–H and O–H groups in total. The second kappa shape index (κ2) is 51.0. The number of nitrogens with one attached hydrogen (secondary N) is 1. The summed E-state index contributed by atoms with van der Waals surface area (Å²) in [4.78, 5) is 24.4. The minimum atomic E-state index is -0.851. The molecule has 0 fully saturated rings. The van der Waals surface area contributed by atoms with Crippen molar-refractivity contribution in [1.82, 2.24) is 5.32 Å². The quantitative estimate of drug-likeness (QED) is 0.0322. The van der Waals surface area contributed by atoms with Gasteiger partial charge in [0.1, 0.15) is 0 Å². The molecule has 0 rings (SSSR count). The first-order valence-electron chi connectivity index (χ1n) is 27.1. The van der Waals surface area contributed by atoms with Gasteiger partial charge in [-0.2, -0.15) is 0 Å². The van der Waals surface area contributed by atoms with Crippen LogP contribution in [0.15, 0.2) is 24.3 Å². The predicted octanol–water partition coefficient (Wildman–Crippen LogP) is 16.3. The van der Waals surface area contributed by atoms with Crippen molar-refractivity contribution < 1.29 is 24.5 Å². The van der Waals surface area contributed by atoms with Gasteiger partial charge in [-0.15, -0.1) is 0 Å². The molecule has 0 saturated heterocycles. The predicted molar refractivity (Wildman–Crippen MR) is 264 cm³/mol. The highest BCUT2D eigenvalue weighted by Crippen LogP contribution is 2.16. The fourth-order valence-corrected chi connectivity index (χ4v) is 8.27. The number of ether oxygens (including phenoxy) is 1. The third-order valence-electron chi connectivity index (χ3n) is 12.5. The van der Waals surface area contributed by atoms with Gasteiger partial charge in [0.05, 0.1) is 25.4 Å². The fraction of sp³-hybridized carbons (Fsp3) is 0.891. The summed E-state index contributed by atoms with van der Waals surface area (Å²) < 4.78 is 5.46. The Morgan fingerprint density at radius 3 is 1.16 bits per heavy atom. The van der Waals surface area contributed by atoms with E-state index in [2.05, 4.69) is 31.3 Å². The van der Waals surface area contributed by atoms with E-state index in [0.29, 0.717) is 19.4 Å². The zero-order valence-corrected chi connectivity index (χ0v) is 40.9. The number of aliphatic hydroxyl groups excluding tert-OH is 2. The monoisotopic (exact) mass is 860 g/mol. The van der Waals surface area contributed by atoms with Gasteiger partial charge in [0.25, 0.3) is 0 Å². The Morgan fingerprint density at radius 2 is 0.770 bits per heavy atom. The average molecular weight is 860 g/mol. The van der Waals surface area contributed by atoms with Gasteiger partial charge < -0.3 is 20.3 Å². The Morgan fingerprint density at radius 1 is 0.443 bits per heavy atom. The van der Waals surface area contributed by atoms with Gasteiger partial charge in [0, 0.05) is 12.8 Å². The molecule has 0 aliphatic heterocycles. The number of carbonyl (C=O) groups is 2. The Balaban J connectivity index is 3.47. The van der Waals surface area contributed by atoms with Crippen molar-refractivity contribution in [3.63, 3.8) is 0 Å². The first-order chi connectivity index (χ1) is 30.0. The van der Waals surface area contributed by atoms with Crippen LogP contribution in [0.25, 0.3) is 0 Å². The first-order valence-corrected chi connectivity index (χ1v) is 27.1. The molecule has 0 aromatic heterocycles. The summed E-state index contributed by atoms with van der Waals surface area (Å²) in [6.07, 6.45) is 60.4. The number of esters is 1. The number of rotatable bonds is 50. The standard InChI is InChI=1S/C55H105NO5/c1-3-5-7-9-11-13-15-23-27-31-35-39-43-47-53(58)52(51-57)56-54(59)48-44-40-36-32-28-25-21-19-17-18-20-22-26-30-34-38-42-46-50-61-55(60)49-45-41-37-33-29-24-16-14-12-10-8-6-4-2/h19,21,43,47,52-53,57-58H,3-18,20,22-42,44-46,48-51H2,1-2H3,(H,56,59)/b21-19-,47-43+. The normalized spacial score (nSPS) is 12.8. The summed E-state index contributed by atoms with van der Waals surface area (Å²) in [5.74, 6) is -0.0790. The number of carbonyl (C=O) groups excluding carboxylic acids is 2. The summed E-state index contributed by atoms with van der Waals surface area (Å²) in [5, 5.41) is 23.0. The summed E-state index contributed by atoms with van der Waals surface area (Å²) in [6.45, 7) is 4.89. The van der Waals surface area contributed by atoms with Crippen molar-refractivity contribution in [2.45, 2.75) is 302 Å². The van der Waals surface area contributed by atoms with Crippen LogP contribution in [0.1, 0.15) is 290 Å². The zero-order chi connectivity index (χ0) is 44.4. The molecule has 1 amide bonds.